The second-order valence-corrected chi connectivity index (χ2v) is 5.08. The molecule has 2 aromatic rings. The summed E-state index contributed by atoms with van der Waals surface area (Å²) >= 11 is 0. The second-order valence-electron chi connectivity index (χ2n) is 5.08. The van der Waals surface area contributed by atoms with Gasteiger partial charge in [-0.05, 0) is 51.1 Å². The molecule has 1 aromatic heterocycles. The van der Waals surface area contributed by atoms with Crippen molar-refractivity contribution >= 4 is 0 Å². The highest BCUT2D eigenvalue weighted by Gasteiger charge is 2.14. The highest BCUT2D eigenvalue weighted by molar-refractivity contribution is 5.32. The number of hydrogen-bond donors (Lipinski definition) is 1. The number of aromatic nitrogens is 2. The maximum atomic E-state index is 5.65. The number of hydrogen-bond acceptors (Lipinski definition) is 4. The second kappa shape index (κ2) is 6.48. The minimum Gasteiger partial charge on any atom is -0.491 e. The molecule has 0 aliphatic carbocycles. The monoisotopic (exact) mass is 271 g/mol. The molecule has 0 aliphatic heterocycles. The van der Waals surface area contributed by atoms with Gasteiger partial charge in [0, 0.05) is 12.4 Å². The maximum absolute atomic E-state index is 5.65. The van der Waals surface area contributed by atoms with Crippen molar-refractivity contribution in [3.8, 4) is 5.75 Å². The van der Waals surface area contributed by atoms with Crippen LogP contribution < -0.4 is 10.1 Å². The lowest BCUT2D eigenvalue weighted by atomic mass is 10.1. The number of nitrogens with zero attached hydrogens (tertiary/aromatic N) is 2. The van der Waals surface area contributed by atoms with Gasteiger partial charge in [0.15, 0.2) is 0 Å². The molecule has 106 valence electrons. The van der Waals surface area contributed by atoms with Crippen molar-refractivity contribution in [2.75, 3.05) is 7.05 Å². The minimum atomic E-state index is -0.0105. The van der Waals surface area contributed by atoms with E-state index in [-0.39, 0.29) is 12.1 Å². The Balaban J connectivity index is 2.21. The van der Waals surface area contributed by atoms with Crippen LogP contribution in [0.25, 0.3) is 0 Å². The summed E-state index contributed by atoms with van der Waals surface area (Å²) in [6.07, 6.45) is 3.85. The molecule has 4 nitrogen and oxygen atoms in total. The highest BCUT2D eigenvalue weighted by Crippen LogP contribution is 2.22. The van der Waals surface area contributed by atoms with Crippen molar-refractivity contribution in [1.82, 2.24) is 15.3 Å². The van der Waals surface area contributed by atoms with Crippen LogP contribution in [0.1, 0.15) is 36.8 Å². The summed E-state index contributed by atoms with van der Waals surface area (Å²) in [5.41, 5.74) is 2.18. The van der Waals surface area contributed by atoms with Gasteiger partial charge in [-0.3, -0.25) is 0 Å². The molecular formula is C16H21N3O. The quantitative estimate of drug-likeness (QED) is 0.908. The lowest BCUT2D eigenvalue weighted by Gasteiger charge is -2.16. The zero-order valence-corrected chi connectivity index (χ0v) is 12.4. The molecule has 1 unspecified atom stereocenters. The Kier molecular flexibility index (Phi) is 4.69. The third-order valence-electron chi connectivity index (χ3n) is 2.93. The molecule has 4 heteroatoms. The first-order chi connectivity index (χ1) is 9.60. The Labute approximate surface area is 120 Å². The van der Waals surface area contributed by atoms with Crippen LogP contribution in [-0.2, 0) is 0 Å². The van der Waals surface area contributed by atoms with Crippen molar-refractivity contribution in [3.63, 3.8) is 0 Å². The van der Waals surface area contributed by atoms with Gasteiger partial charge in [0.05, 0.1) is 12.1 Å². The number of benzene rings is 1. The van der Waals surface area contributed by atoms with Gasteiger partial charge >= 0.3 is 0 Å². The zero-order valence-electron chi connectivity index (χ0n) is 12.4. The first kappa shape index (κ1) is 14.5. The fourth-order valence-electron chi connectivity index (χ4n) is 2.01. The van der Waals surface area contributed by atoms with E-state index in [2.05, 4.69) is 15.3 Å². The maximum Gasteiger partial charge on any atom is 0.149 e. The summed E-state index contributed by atoms with van der Waals surface area (Å²) < 4.78 is 5.65. The lowest BCUT2D eigenvalue weighted by molar-refractivity contribution is 0.242. The Morgan fingerprint density at radius 3 is 2.15 bits per heavy atom. The zero-order chi connectivity index (χ0) is 14.5. The van der Waals surface area contributed by atoms with E-state index in [0.717, 1.165) is 22.7 Å². The van der Waals surface area contributed by atoms with E-state index in [1.54, 1.807) is 0 Å². The molecular weight excluding hydrogens is 250 g/mol. The topological polar surface area (TPSA) is 47.0 Å². The van der Waals surface area contributed by atoms with Crippen molar-refractivity contribution in [2.24, 2.45) is 0 Å². The summed E-state index contributed by atoms with van der Waals surface area (Å²) in [6, 6.07) is 8.04. The molecule has 0 saturated heterocycles. The molecule has 0 saturated carbocycles. The van der Waals surface area contributed by atoms with Crippen LogP contribution >= 0.6 is 0 Å². The van der Waals surface area contributed by atoms with Crippen LogP contribution in [0.4, 0.5) is 0 Å². The molecule has 0 spiro atoms. The summed E-state index contributed by atoms with van der Waals surface area (Å²) in [4.78, 5) is 8.78. The summed E-state index contributed by atoms with van der Waals surface area (Å²) in [7, 11) is 1.91. The summed E-state index contributed by atoms with van der Waals surface area (Å²) in [5, 5.41) is 3.25. The molecule has 0 bridgehead atoms. The molecule has 1 heterocycles. The third-order valence-corrected chi connectivity index (χ3v) is 2.93. The van der Waals surface area contributed by atoms with Gasteiger partial charge in [0.25, 0.3) is 0 Å². The predicted molar refractivity (Wildman–Crippen MR) is 79.9 cm³/mol. The van der Waals surface area contributed by atoms with E-state index in [9.17, 15) is 0 Å². The first-order valence-electron chi connectivity index (χ1n) is 6.82. The van der Waals surface area contributed by atoms with Gasteiger partial charge < -0.3 is 10.1 Å². The third kappa shape index (κ3) is 3.54. The first-order valence-corrected chi connectivity index (χ1v) is 6.82. The highest BCUT2D eigenvalue weighted by atomic mass is 16.5. The molecule has 1 aromatic carbocycles. The number of ether oxygens (including phenoxy) is 1. The van der Waals surface area contributed by atoms with Gasteiger partial charge in [0.1, 0.15) is 11.6 Å². The molecule has 1 N–H and O–H groups in total. The van der Waals surface area contributed by atoms with Crippen LogP contribution in [0.15, 0.2) is 36.7 Å². The van der Waals surface area contributed by atoms with Gasteiger partial charge in [-0.15, -0.1) is 0 Å². The predicted octanol–water partition coefficient (Wildman–Crippen LogP) is 2.88. The number of aryl methyl sites for hydroxylation is 1. The van der Waals surface area contributed by atoms with Crippen LogP contribution in [0.3, 0.4) is 0 Å². The van der Waals surface area contributed by atoms with Crippen molar-refractivity contribution in [2.45, 2.75) is 32.9 Å². The van der Waals surface area contributed by atoms with E-state index in [1.165, 1.54) is 0 Å². The summed E-state index contributed by atoms with van der Waals surface area (Å²) in [5.74, 6) is 1.65. The number of rotatable bonds is 5. The van der Waals surface area contributed by atoms with Gasteiger partial charge in [0.2, 0.25) is 0 Å². The van der Waals surface area contributed by atoms with Crippen molar-refractivity contribution < 1.29 is 4.74 Å². The Bertz CT molecular complexity index is 535. The lowest BCUT2D eigenvalue weighted by Crippen LogP contribution is -2.20. The molecule has 0 aliphatic rings. The average molecular weight is 271 g/mol. The van der Waals surface area contributed by atoms with E-state index < -0.39 is 0 Å². The fourth-order valence-corrected chi connectivity index (χ4v) is 2.01. The standard InChI is InChI=1S/C16H21N3O/c1-11(2)20-14-7-5-13(6-8-14)15(17-4)16-18-9-12(3)10-19-16/h5-11,15,17H,1-4H3. The van der Waals surface area contributed by atoms with E-state index >= 15 is 0 Å². The van der Waals surface area contributed by atoms with Crippen LogP contribution in [0.2, 0.25) is 0 Å². The molecule has 0 amide bonds. The summed E-state index contributed by atoms with van der Waals surface area (Å²) in [6.45, 7) is 6.02. The molecule has 2 rings (SSSR count). The van der Waals surface area contributed by atoms with E-state index in [4.69, 9.17) is 4.74 Å². The van der Waals surface area contributed by atoms with Crippen molar-refractivity contribution in [3.05, 3.63) is 53.6 Å². The smallest absolute Gasteiger partial charge is 0.149 e. The normalized spacial score (nSPS) is 12.4. The Morgan fingerprint density at radius 2 is 1.65 bits per heavy atom. The van der Waals surface area contributed by atoms with E-state index in [1.807, 2.05) is 64.5 Å². The van der Waals surface area contributed by atoms with Crippen LogP contribution in [0.5, 0.6) is 5.75 Å². The van der Waals surface area contributed by atoms with Gasteiger partial charge in [-0.1, -0.05) is 12.1 Å². The van der Waals surface area contributed by atoms with Gasteiger partial charge in [-0.2, -0.15) is 0 Å². The Hall–Kier alpha value is -1.94. The van der Waals surface area contributed by atoms with Crippen LogP contribution in [-0.4, -0.2) is 23.1 Å². The number of nitrogens with one attached hydrogen (secondary N) is 1. The molecule has 1 atom stereocenters. The van der Waals surface area contributed by atoms with Crippen molar-refractivity contribution in [1.29, 1.82) is 0 Å². The van der Waals surface area contributed by atoms with Crippen LogP contribution in [0, 0.1) is 6.92 Å². The molecule has 0 fully saturated rings. The average Bonchev–Trinajstić information content (AvgIpc) is 2.43. The molecule has 0 radical (unpaired) electrons. The Morgan fingerprint density at radius 1 is 1.05 bits per heavy atom. The minimum absolute atomic E-state index is 0.0105. The van der Waals surface area contributed by atoms with E-state index in [0.29, 0.717) is 0 Å². The fraction of sp³-hybridized carbons (Fsp3) is 0.375. The molecule has 20 heavy (non-hydrogen) atoms. The largest absolute Gasteiger partial charge is 0.491 e. The SMILES string of the molecule is CNC(c1ccc(OC(C)C)cc1)c1ncc(C)cn1. The van der Waals surface area contributed by atoms with Gasteiger partial charge in [-0.25, -0.2) is 9.97 Å².